The molecule has 7 heteroatoms. The van der Waals surface area contributed by atoms with Crippen molar-refractivity contribution < 1.29 is 19.2 Å². The molecule has 0 fully saturated rings. The van der Waals surface area contributed by atoms with Crippen LogP contribution in [0.25, 0.3) is 11.8 Å². The molecule has 1 aromatic heterocycles. The van der Waals surface area contributed by atoms with Crippen LogP contribution in [0.3, 0.4) is 0 Å². The minimum Gasteiger partial charge on any atom is -0.486 e. The number of ketones is 1. The van der Waals surface area contributed by atoms with Gasteiger partial charge in [-0.3, -0.25) is 14.9 Å². The Hall–Kier alpha value is -3.87. The summed E-state index contributed by atoms with van der Waals surface area (Å²) in [6.45, 7) is 0.950. The quantitative estimate of drug-likeness (QED) is 0.290. The Labute approximate surface area is 160 Å². The maximum absolute atomic E-state index is 12.5. The van der Waals surface area contributed by atoms with Crippen molar-refractivity contribution in [1.29, 1.82) is 0 Å². The second-order valence-electron chi connectivity index (χ2n) is 6.14. The van der Waals surface area contributed by atoms with Crippen molar-refractivity contribution in [2.24, 2.45) is 0 Å². The average Bonchev–Trinajstić information content (AvgIpc) is 3.20. The molecule has 1 aliphatic rings. The van der Waals surface area contributed by atoms with Crippen molar-refractivity contribution in [3.05, 3.63) is 88.2 Å². The first-order chi connectivity index (χ1) is 13.6. The summed E-state index contributed by atoms with van der Waals surface area (Å²) in [5, 5.41) is 11.0. The summed E-state index contributed by atoms with van der Waals surface area (Å²) in [6.07, 6.45) is 4.93. The van der Waals surface area contributed by atoms with Crippen LogP contribution in [0.4, 0.5) is 5.69 Å². The molecule has 0 atom stereocenters. The van der Waals surface area contributed by atoms with E-state index in [1.54, 1.807) is 47.2 Å². The van der Waals surface area contributed by atoms with E-state index in [0.717, 1.165) is 5.69 Å². The van der Waals surface area contributed by atoms with Crippen LogP contribution in [0.1, 0.15) is 16.1 Å². The van der Waals surface area contributed by atoms with Gasteiger partial charge >= 0.3 is 0 Å². The molecule has 0 bridgehead atoms. The number of fused-ring (bicyclic) bond motifs is 1. The van der Waals surface area contributed by atoms with Crippen molar-refractivity contribution in [3.63, 3.8) is 0 Å². The fourth-order valence-corrected chi connectivity index (χ4v) is 2.98. The third-order valence-corrected chi connectivity index (χ3v) is 4.33. The molecular weight excluding hydrogens is 360 g/mol. The highest BCUT2D eigenvalue weighted by Crippen LogP contribution is 2.31. The molecule has 7 nitrogen and oxygen atoms in total. The van der Waals surface area contributed by atoms with Gasteiger partial charge < -0.3 is 14.0 Å². The highest BCUT2D eigenvalue weighted by Gasteiger charge is 2.14. The minimum absolute atomic E-state index is 0.00786. The SMILES string of the molecule is O=C(/C=C/c1cccn1-c1cccc([N+](=O)[O-])c1)c1ccc2c(c1)OCCO2. The summed E-state index contributed by atoms with van der Waals surface area (Å²) >= 11 is 0. The number of carbonyl (C=O) groups excluding carboxylic acids is 1. The molecule has 1 aliphatic heterocycles. The maximum Gasteiger partial charge on any atom is 0.271 e. The highest BCUT2D eigenvalue weighted by atomic mass is 16.6. The molecule has 0 saturated carbocycles. The number of nitro groups is 1. The molecule has 3 aromatic rings. The van der Waals surface area contributed by atoms with Crippen molar-refractivity contribution in [1.82, 2.24) is 4.57 Å². The standard InChI is InChI=1S/C21H16N2O5/c24-19(15-6-9-20-21(13-15)28-12-11-27-20)8-7-16-5-2-10-22(16)17-3-1-4-18(14-17)23(25)26/h1-10,13-14H,11-12H2/b8-7+. The molecule has 2 heterocycles. The first kappa shape index (κ1) is 17.5. The van der Waals surface area contributed by atoms with Gasteiger partial charge in [0.25, 0.3) is 5.69 Å². The van der Waals surface area contributed by atoms with Gasteiger partial charge in [0.05, 0.1) is 10.6 Å². The van der Waals surface area contributed by atoms with Crippen LogP contribution < -0.4 is 9.47 Å². The largest absolute Gasteiger partial charge is 0.486 e. The van der Waals surface area contributed by atoms with Crippen molar-refractivity contribution in [2.45, 2.75) is 0 Å². The average molecular weight is 376 g/mol. The van der Waals surface area contributed by atoms with Crippen LogP contribution in [0.2, 0.25) is 0 Å². The smallest absolute Gasteiger partial charge is 0.271 e. The molecule has 0 radical (unpaired) electrons. The van der Waals surface area contributed by atoms with Gasteiger partial charge in [0.15, 0.2) is 17.3 Å². The zero-order chi connectivity index (χ0) is 19.5. The summed E-state index contributed by atoms with van der Waals surface area (Å²) in [7, 11) is 0. The van der Waals surface area contributed by atoms with E-state index in [9.17, 15) is 14.9 Å². The molecule has 0 saturated heterocycles. The van der Waals surface area contributed by atoms with Gasteiger partial charge in [-0.25, -0.2) is 0 Å². The number of nitro benzene ring substituents is 1. The first-order valence-electron chi connectivity index (χ1n) is 8.66. The zero-order valence-corrected chi connectivity index (χ0v) is 14.8. The number of carbonyl (C=O) groups is 1. The lowest BCUT2D eigenvalue weighted by Crippen LogP contribution is -2.15. The lowest BCUT2D eigenvalue weighted by Gasteiger charge is -2.18. The molecule has 4 rings (SSSR count). The number of non-ortho nitro benzene ring substituents is 1. The van der Waals surface area contributed by atoms with Crippen LogP contribution in [0.15, 0.2) is 66.9 Å². The van der Waals surface area contributed by atoms with Gasteiger partial charge in [-0.05, 0) is 48.6 Å². The Morgan fingerprint density at radius 1 is 1.04 bits per heavy atom. The van der Waals surface area contributed by atoms with Crippen LogP contribution in [-0.2, 0) is 0 Å². The number of aromatic nitrogens is 1. The van der Waals surface area contributed by atoms with Crippen molar-refractivity contribution >= 4 is 17.5 Å². The number of rotatable bonds is 5. The normalized spacial score (nSPS) is 12.9. The third-order valence-electron chi connectivity index (χ3n) is 4.33. The number of allylic oxidation sites excluding steroid dienone is 1. The molecule has 2 aromatic carbocycles. The molecule has 0 aliphatic carbocycles. The Kier molecular flexibility index (Phi) is 4.63. The van der Waals surface area contributed by atoms with Gasteiger partial charge in [0, 0.05) is 29.6 Å². The summed E-state index contributed by atoms with van der Waals surface area (Å²) in [6, 6.07) is 15.0. The van der Waals surface area contributed by atoms with Crippen LogP contribution in [0.5, 0.6) is 11.5 Å². The Bertz CT molecular complexity index is 1080. The summed E-state index contributed by atoms with van der Waals surface area (Å²) in [5.41, 5.74) is 1.87. The van der Waals surface area contributed by atoms with Crippen LogP contribution in [-0.4, -0.2) is 28.5 Å². The molecule has 140 valence electrons. The molecule has 28 heavy (non-hydrogen) atoms. The number of benzene rings is 2. The Morgan fingerprint density at radius 2 is 1.86 bits per heavy atom. The van der Waals surface area contributed by atoms with Gasteiger partial charge in [-0.15, -0.1) is 0 Å². The maximum atomic E-state index is 12.5. The second kappa shape index (κ2) is 7.40. The number of nitrogens with zero attached hydrogens (tertiary/aromatic N) is 2. The first-order valence-corrected chi connectivity index (χ1v) is 8.66. The summed E-state index contributed by atoms with van der Waals surface area (Å²) in [5.74, 6) is 1.01. The fraction of sp³-hybridized carbons (Fsp3) is 0.0952. The van der Waals surface area contributed by atoms with E-state index >= 15 is 0 Å². The van der Waals surface area contributed by atoms with Crippen LogP contribution >= 0.6 is 0 Å². The van der Waals surface area contributed by atoms with Crippen molar-refractivity contribution in [2.75, 3.05) is 13.2 Å². The molecular formula is C21H16N2O5. The van der Waals surface area contributed by atoms with E-state index in [1.165, 1.54) is 18.2 Å². The lowest BCUT2D eigenvalue weighted by molar-refractivity contribution is -0.384. The molecule has 0 spiro atoms. The van der Waals surface area contributed by atoms with E-state index < -0.39 is 4.92 Å². The van der Waals surface area contributed by atoms with Gasteiger partial charge in [-0.1, -0.05) is 6.07 Å². The van der Waals surface area contributed by atoms with Crippen LogP contribution in [0, 0.1) is 10.1 Å². The van der Waals surface area contributed by atoms with E-state index in [1.807, 2.05) is 12.1 Å². The monoisotopic (exact) mass is 376 g/mol. The Balaban J connectivity index is 1.58. The minimum atomic E-state index is -0.437. The predicted molar refractivity (Wildman–Crippen MR) is 103 cm³/mol. The topological polar surface area (TPSA) is 83.6 Å². The van der Waals surface area contributed by atoms with Crippen molar-refractivity contribution in [3.8, 4) is 17.2 Å². The number of hydrogen-bond donors (Lipinski definition) is 0. The summed E-state index contributed by atoms with van der Waals surface area (Å²) < 4.78 is 12.8. The highest BCUT2D eigenvalue weighted by molar-refractivity contribution is 6.07. The van der Waals surface area contributed by atoms with Gasteiger partial charge in [-0.2, -0.15) is 0 Å². The van der Waals surface area contributed by atoms with E-state index in [-0.39, 0.29) is 11.5 Å². The van der Waals surface area contributed by atoms with Gasteiger partial charge in [0.2, 0.25) is 0 Å². The molecule has 0 amide bonds. The molecule has 0 N–H and O–H groups in total. The zero-order valence-electron chi connectivity index (χ0n) is 14.8. The number of ether oxygens (including phenoxy) is 2. The number of hydrogen-bond acceptors (Lipinski definition) is 5. The second-order valence-corrected chi connectivity index (χ2v) is 6.14. The van der Waals surface area contributed by atoms with E-state index in [4.69, 9.17) is 9.47 Å². The lowest BCUT2D eigenvalue weighted by atomic mass is 10.1. The van der Waals surface area contributed by atoms with Gasteiger partial charge in [0.1, 0.15) is 13.2 Å². The third kappa shape index (κ3) is 3.50. The Morgan fingerprint density at radius 3 is 2.68 bits per heavy atom. The van der Waals surface area contributed by atoms with E-state index in [2.05, 4.69) is 0 Å². The summed E-state index contributed by atoms with van der Waals surface area (Å²) in [4.78, 5) is 23.1. The fourth-order valence-electron chi connectivity index (χ4n) is 2.98. The molecule has 0 unspecified atom stereocenters. The predicted octanol–water partition coefficient (Wildman–Crippen LogP) is 4.05. The van der Waals surface area contributed by atoms with E-state index in [0.29, 0.717) is 36.0 Å².